The Kier molecular flexibility index (Phi) is 5.66. The minimum Gasteiger partial charge on any atom is -0.508 e. The molecule has 3 aromatic rings. The number of aromatic hydroxyl groups is 1. The second kappa shape index (κ2) is 8.19. The Bertz CT molecular complexity index is 1330. The van der Waals surface area contributed by atoms with Gasteiger partial charge >= 0.3 is 6.03 Å². The maximum atomic E-state index is 13.0. The van der Waals surface area contributed by atoms with Crippen LogP contribution in [-0.4, -0.2) is 37.3 Å². The van der Waals surface area contributed by atoms with Crippen LogP contribution in [0.3, 0.4) is 0 Å². The predicted molar refractivity (Wildman–Crippen MR) is 128 cm³/mol. The van der Waals surface area contributed by atoms with Gasteiger partial charge < -0.3 is 10.4 Å². The van der Waals surface area contributed by atoms with E-state index in [1.807, 2.05) is 25.1 Å². The number of hydrogen-bond donors (Lipinski definition) is 2. The number of nitrogens with zero attached hydrogens (tertiary/aromatic N) is 2. The van der Waals surface area contributed by atoms with Crippen molar-refractivity contribution < 1.29 is 18.3 Å². The number of carbonyl (C=O) groups is 1. The minimum atomic E-state index is -3.25. The molecule has 0 radical (unpaired) electrons. The molecule has 0 saturated heterocycles. The van der Waals surface area contributed by atoms with E-state index in [1.165, 1.54) is 6.26 Å². The molecule has 0 bridgehead atoms. The van der Waals surface area contributed by atoms with Gasteiger partial charge in [0.05, 0.1) is 22.0 Å². The summed E-state index contributed by atoms with van der Waals surface area (Å²) in [6.07, 6.45) is 1.17. The average Bonchev–Trinajstić information content (AvgIpc) is 3.02. The van der Waals surface area contributed by atoms with Crippen LogP contribution in [0.2, 0.25) is 0 Å². The highest BCUT2D eigenvalue weighted by atomic mass is 32.2. The zero-order valence-corrected chi connectivity index (χ0v) is 19.9. The van der Waals surface area contributed by atoms with Crippen LogP contribution >= 0.6 is 0 Å². The van der Waals surface area contributed by atoms with Gasteiger partial charge in [0.25, 0.3) is 0 Å². The van der Waals surface area contributed by atoms with Crippen molar-refractivity contribution in [1.82, 2.24) is 10.3 Å². The van der Waals surface area contributed by atoms with Crippen LogP contribution in [0.1, 0.15) is 30.7 Å². The molecule has 2 N–H and O–H groups in total. The first-order valence-electron chi connectivity index (χ1n) is 10.6. The van der Waals surface area contributed by atoms with Gasteiger partial charge in [-0.2, -0.15) is 0 Å². The Morgan fingerprint density at radius 1 is 1.12 bits per heavy atom. The number of amides is 2. The smallest absolute Gasteiger partial charge is 0.322 e. The van der Waals surface area contributed by atoms with Gasteiger partial charge in [0.2, 0.25) is 0 Å². The Morgan fingerprint density at radius 2 is 1.82 bits per heavy atom. The summed E-state index contributed by atoms with van der Waals surface area (Å²) in [7, 11) is -3.25. The number of anilines is 1. The lowest BCUT2D eigenvalue weighted by Crippen LogP contribution is -2.41. The number of nitrogens with one attached hydrogen (secondary N) is 1. The van der Waals surface area contributed by atoms with Gasteiger partial charge in [-0.25, -0.2) is 18.2 Å². The van der Waals surface area contributed by atoms with Crippen LogP contribution in [0.4, 0.5) is 10.5 Å². The number of rotatable bonds is 4. The summed E-state index contributed by atoms with van der Waals surface area (Å²) in [6.45, 7) is 6.82. The second-order valence-electron chi connectivity index (χ2n) is 9.11. The van der Waals surface area contributed by atoms with Crippen LogP contribution < -0.4 is 10.2 Å². The number of phenolic OH excluding ortho intramolecular Hbond substituents is 1. The number of aryl methyl sites for hydroxylation is 1. The number of urea groups is 1. The Balaban J connectivity index is 1.54. The molecule has 2 amide bonds. The summed E-state index contributed by atoms with van der Waals surface area (Å²) >= 11 is 0. The van der Waals surface area contributed by atoms with Gasteiger partial charge in [-0.3, -0.25) is 4.90 Å². The lowest BCUT2D eigenvalue weighted by molar-refractivity contribution is 0.245. The third-order valence-corrected chi connectivity index (χ3v) is 7.01. The summed E-state index contributed by atoms with van der Waals surface area (Å²) in [5.41, 5.74) is 4.76. The predicted octanol–water partition coefficient (Wildman–Crippen LogP) is 4.17. The largest absolute Gasteiger partial charge is 0.508 e. The van der Waals surface area contributed by atoms with E-state index in [4.69, 9.17) is 4.98 Å². The Hall–Kier alpha value is -3.39. The molecule has 8 heteroatoms. The molecule has 7 nitrogen and oxygen atoms in total. The lowest BCUT2D eigenvalue weighted by Gasteiger charge is -2.20. The zero-order valence-electron chi connectivity index (χ0n) is 19.1. The Morgan fingerprint density at radius 3 is 2.45 bits per heavy atom. The van der Waals surface area contributed by atoms with Gasteiger partial charge in [-0.15, -0.1) is 0 Å². The third kappa shape index (κ3) is 4.57. The molecule has 0 atom stereocenters. The molecule has 1 aliphatic heterocycles. The van der Waals surface area contributed by atoms with Crippen molar-refractivity contribution in [2.45, 2.75) is 37.6 Å². The number of aromatic nitrogens is 1. The molecule has 0 unspecified atom stereocenters. The summed E-state index contributed by atoms with van der Waals surface area (Å²) in [5.74, 6) is 0.214. The summed E-state index contributed by atoms with van der Waals surface area (Å²) < 4.78 is 23.2. The first kappa shape index (κ1) is 22.8. The van der Waals surface area contributed by atoms with E-state index in [0.717, 1.165) is 33.8 Å². The van der Waals surface area contributed by atoms with Crippen molar-refractivity contribution >= 4 is 21.6 Å². The normalized spacial score (nSPS) is 14.7. The summed E-state index contributed by atoms with van der Waals surface area (Å²) in [4.78, 5) is 19.8. The van der Waals surface area contributed by atoms with Gasteiger partial charge in [0.15, 0.2) is 9.84 Å². The van der Waals surface area contributed by atoms with Crippen LogP contribution in [-0.2, 0) is 21.8 Å². The highest BCUT2D eigenvalue weighted by Crippen LogP contribution is 2.40. The SMILES string of the molecule is Cc1cc(O)ccc1-c1ccc2c(n1)C(C)(C)CN2C(=O)NCc1ccc(S(C)(=O)=O)cc1. The molecule has 0 fully saturated rings. The van der Waals surface area contributed by atoms with E-state index < -0.39 is 9.84 Å². The van der Waals surface area contributed by atoms with Gasteiger partial charge in [-0.1, -0.05) is 26.0 Å². The quantitative estimate of drug-likeness (QED) is 0.602. The van der Waals surface area contributed by atoms with E-state index in [0.29, 0.717) is 6.54 Å². The molecular weight excluding hydrogens is 438 g/mol. The number of hydrogen-bond acceptors (Lipinski definition) is 5. The lowest BCUT2D eigenvalue weighted by atomic mass is 9.91. The number of carbonyl (C=O) groups excluding carboxylic acids is 1. The molecule has 2 aromatic carbocycles. The van der Waals surface area contributed by atoms with E-state index in [1.54, 1.807) is 41.3 Å². The second-order valence-corrected chi connectivity index (χ2v) is 11.1. The maximum absolute atomic E-state index is 13.0. The fourth-order valence-electron chi connectivity index (χ4n) is 4.12. The van der Waals surface area contributed by atoms with E-state index in [9.17, 15) is 18.3 Å². The van der Waals surface area contributed by atoms with E-state index >= 15 is 0 Å². The van der Waals surface area contributed by atoms with Crippen molar-refractivity contribution in [2.75, 3.05) is 17.7 Å². The van der Waals surface area contributed by atoms with E-state index in [-0.39, 0.29) is 28.6 Å². The summed E-state index contributed by atoms with van der Waals surface area (Å²) in [6, 6.07) is 15.3. The fraction of sp³-hybridized carbons (Fsp3) is 0.280. The van der Waals surface area contributed by atoms with E-state index in [2.05, 4.69) is 19.2 Å². The topological polar surface area (TPSA) is 99.6 Å². The molecular formula is C25H27N3O4S. The summed E-state index contributed by atoms with van der Waals surface area (Å²) in [5, 5.41) is 12.6. The van der Waals surface area contributed by atoms with Crippen molar-refractivity contribution in [3.8, 4) is 17.0 Å². The first-order valence-corrected chi connectivity index (χ1v) is 12.5. The molecule has 2 heterocycles. The Labute approximate surface area is 194 Å². The number of benzene rings is 2. The first-order chi connectivity index (χ1) is 15.5. The minimum absolute atomic E-state index is 0.214. The molecule has 1 aliphatic rings. The van der Waals surface area contributed by atoms with Crippen molar-refractivity contribution in [3.05, 3.63) is 71.4 Å². The molecule has 0 saturated carbocycles. The van der Waals surface area contributed by atoms with Gasteiger partial charge in [-0.05, 0) is 60.5 Å². The zero-order chi connectivity index (χ0) is 24.0. The van der Waals surface area contributed by atoms with Gasteiger partial charge in [0, 0.05) is 30.3 Å². The number of fused-ring (bicyclic) bond motifs is 1. The number of sulfone groups is 1. The van der Waals surface area contributed by atoms with Crippen LogP contribution in [0, 0.1) is 6.92 Å². The molecule has 33 heavy (non-hydrogen) atoms. The molecule has 1 aromatic heterocycles. The number of pyridine rings is 1. The molecule has 172 valence electrons. The van der Waals surface area contributed by atoms with Crippen molar-refractivity contribution in [1.29, 1.82) is 0 Å². The van der Waals surface area contributed by atoms with Crippen LogP contribution in [0.5, 0.6) is 5.75 Å². The van der Waals surface area contributed by atoms with Crippen LogP contribution in [0.15, 0.2) is 59.5 Å². The molecule has 4 rings (SSSR count). The van der Waals surface area contributed by atoms with Crippen LogP contribution in [0.25, 0.3) is 11.3 Å². The highest BCUT2D eigenvalue weighted by molar-refractivity contribution is 7.90. The monoisotopic (exact) mass is 465 g/mol. The standard InChI is InChI=1S/C25H27N3O4S/c1-16-13-18(29)7-10-20(16)21-11-12-22-23(27-21)25(2,3)15-28(22)24(30)26-14-17-5-8-19(9-6-17)33(4,31)32/h5-13,29H,14-15H2,1-4H3,(H,26,30). The molecule has 0 spiro atoms. The van der Waals surface area contributed by atoms with Crippen molar-refractivity contribution in [2.24, 2.45) is 0 Å². The van der Waals surface area contributed by atoms with Crippen molar-refractivity contribution in [3.63, 3.8) is 0 Å². The maximum Gasteiger partial charge on any atom is 0.322 e. The highest BCUT2D eigenvalue weighted by Gasteiger charge is 2.39. The molecule has 0 aliphatic carbocycles. The average molecular weight is 466 g/mol. The third-order valence-electron chi connectivity index (χ3n) is 5.89. The number of phenols is 1. The van der Waals surface area contributed by atoms with Gasteiger partial charge in [0.1, 0.15) is 5.75 Å². The fourth-order valence-corrected chi connectivity index (χ4v) is 4.75.